The average molecular weight is 735 g/mol. The zero-order valence-electron chi connectivity index (χ0n) is 33.4. The van der Waals surface area contributed by atoms with Crippen LogP contribution in [0.25, 0.3) is 88.4 Å². The van der Waals surface area contributed by atoms with Crippen LogP contribution in [0.2, 0.25) is 0 Å². The van der Waals surface area contributed by atoms with E-state index in [2.05, 4.69) is 196 Å². The van der Waals surface area contributed by atoms with Gasteiger partial charge in [-0.2, -0.15) is 0 Å². The molecular formula is C55H46N2. The zero-order valence-corrected chi connectivity index (χ0v) is 33.4. The molecule has 9 aromatic rings. The van der Waals surface area contributed by atoms with Crippen molar-refractivity contribution in [1.29, 1.82) is 0 Å². The van der Waals surface area contributed by atoms with Crippen LogP contribution < -0.4 is 0 Å². The lowest BCUT2D eigenvalue weighted by Gasteiger charge is -2.23. The molecule has 1 aliphatic carbocycles. The van der Waals surface area contributed by atoms with Crippen molar-refractivity contribution in [1.82, 2.24) is 9.13 Å². The predicted octanol–water partition coefficient (Wildman–Crippen LogP) is 14.8. The van der Waals surface area contributed by atoms with Gasteiger partial charge in [-0.25, -0.2) is 0 Å². The minimum absolute atomic E-state index is 0.977. The second kappa shape index (κ2) is 13.5. The normalized spacial score (nSPS) is 13.0. The maximum atomic E-state index is 4.11. The van der Waals surface area contributed by atoms with Crippen LogP contribution in [0, 0.1) is 27.7 Å². The fourth-order valence-corrected chi connectivity index (χ4v) is 9.56. The summed E-state index contributed by atoms with van der Waals surface area (Å²) in [4.78, 5) is 0. The highest BCUT2D eigenvalue weighted by Crippen LogP contribution is 2.46. The number of hydrogen-bond donors (Lipinski definition) is 0. The lowest BCUT2D eigenvalue weighted by atomic mass is 9.83. The van der Waals surface area contributed by atoms with E-state index in [0.29, 0.717) is 0 Å². The molecular weight excluding hydrogens is 689 g/mol. The third-order valence-electron chi connectivity index (χ3n) is 12.3. The number of nitrogens with zero attached hydrogens (tertiary/aromatic N) is 2. The second-order valence-electron chi connectivity index (χ2n) is 15.9. The highest BCUT2D eigenvalue weighted by molar-refractivity contribution is 6.15. The van der Waals surface area contributed by atoms with Gasteiger partial charge in [0.15, 0.2) is 0 Å². The molecule has 2 heterocycles. The van der Waals surface area contributed by atoms with Crippen LogP contribution in [0.15, 0.2) is 158 Å². The summed E-state index contributed by atoms with van der Waals surface area (Å²) in [5.74, 6) is 0. The number of fused-ring (bicyclic) bond motifs is 10. The Morgan fingerprint density at radius 2 is 1.21 bits per heavy atom. The Labute approximate surface area is 335 Å². The molecule has 2 aromatic heterocycles. The third-order valence-corrected chi connectivity index (χ3v) is 12.3. The maximum Gasteiger partial charge on any atom is 0.0579 e. The Bertz CT molecular complexity index is 3180. The standard InChI is InChI=1S/C55H46N2/c1-7-12-41(13-8-2)56-52-26-21-39(47-29-35(4)17-19-37(47)6)31-50(52)51-32-40-20-23-44-43(48(40)33-54(51)56)24-25-45-49-30-38(46-28-34(3)16-18-36(46)5)22-27-53(49)57(55(44)45)42-14-10-9-11-15-42/h7-19,21-22,24-33H,1,20,23H2,2-6H3/b13-8-,41-12+. The molecule has 0 saturated heterocycles. The van der Waals surface area contributed by atoms with Crippen LogP contribution in [0.3, 0.4) is 0 Å². The SMILES string of the molecule is C=C/C=C(\C=C/C)n1c2ccc(-c3cc(C)ccc3C)cc2c2cc3c(cc21)-c1ccc2c4cc(-c5cc(C)ccc5C)ccc4n(-c4ccccc4)c2c1CC3. The molecule has 0 saturated carbocycles. The van der Waals surface area contributed by atoms with E-state index < -0.39 is 0 Å². The highest BCUT2D eigenvalue weighted by atomic mass is 15.0. The molecule has 0 radical (unpaired) electrons. The quantitative estimate of drug-likeness (QED) is 0.151. The molecule has 7 aromatic carbocycles. The van der Waals surface area contributed by atoms with Gasteiger partial charge in [-0.15, -0.1) is 0 Å². The lowest BCUT2D eigenvalue weighted by molar-refractivity contribution is 0.945. The van der Waals surface area contributed by atoms with Crippen molar-refractivity contribution in [2.75, 3.05) is 0 Å². The smallest absolute Gasteiger partial charge is 0.0579 e. The van der Waals surface area contributed by atoms with E-state index in [1.165, 1.54) is 116 Å². The van der Waals surface area contributed by atoms with E-state index in [1.54, 1.807) is 0 Å². The van der Waals surface area contributed by atoms with Crippen LogP contribution in [0.4, 0.5) is 0 Å². The zero-order chi connectivity index (χ0) is 38.9. The second-order valence-corrected chi connectivity index (χ2v) is 15.9. The minimum Gasteiger partial charge on any atom is -0.309 e. The lowest BCUT2D eigenvalue weighted by Crippen LogP contribution is -2.07. The topological polar surface area (TPSA) is 9.86 Å². The summed E-state index contributed by atoms with van der Waals surface area (Å²) in [7, 11) is 0. The van der Waals surface area contributed by atoms with Crippen molar-refractivity contribution in [3.05, 3.63) is 192 Å². The van der Waals surface area contributed by atoms with Crippen molar-refractivity contribution in [3.8, 4) is 39.1 Å². The van der Waals surface area contributed by atoms with Gasteiger partial charge in [0.2, 0.25) is 0 Å². The van der Waals surface area contributed by atoms with Crippen molar-refractivity contribution in [2.24, 2.45) is 0 Å². The summed E-state index contributed by atoms with van der Waals surface area (Å²) in [6.45, 7) is 15.0. The Morgan fingerprint density at radius 1 is 0.561 bits per heavy atom. The molecule has 2 nitrogen and oxygen atoms in total. The summed E-state index contributed by atoms with van der Waals surface area (Å²) in [5.41, 5.74) is 23.0. The average Bonchev–Trinajstić information content (AvgIpc) is 3.73. The Balaban J connectivity index is 1.25. The van der Waals surface area contributed by atoms with Crippen molar-refractivity contribution >= 4 is 49.3 Å². The summed E-state index contributed by atoms with van der Waals surface area (Å²) in [6.07, 6.45) is 10.3. The number of aryl methyl sites for hydroxylation is 6. The molecule has 276 valence electrons. The summed E-state index contributed by atoms with van der Waals surface area (Å²) in [6, 6.07) is 48.3. The van der Waals surface area contributed by atoms with Gasteiger partial charge in [0.05, 0.1) is 22.1 Å². The Kier molecular flexibility index (Phi) is 8.27. The van der Waals surface area contributed by atoms with Gasteiger partial charge in [0, 0.05) is 32.9 Å². The highest BCUT2D eigenvalue weighted by Gasteiger charge is 2.26. The molecule has 0 bridgehead atoms. The fourth-order valence-electron chi connectivity index (χ4n) is 9.56. The molecule has 0 amide bonds. The predicted molar refractivity (Wildman–Crippen MR) is 246 cm³/mol. The van der Waals surface area contributed by atoms with Crippen molar-refractivity contribution in [3.63, 3.8) is 0 Å². The largest absolute Gasteiger partial charge is 0.309 e. The van der Waals surface area contributed by atoms with Gasteiger partial charge in [0.25, 0.3) is 0 Å². The monoisotopic (exact) mass is 734 g/mol. The molecule has 0 spiro atoms. The van der Waals surface area contributed by atoms with Crippen LogP contribution in [-0.2, 0) is 12.8 Å². The van der Waals surface area contributed by atoms with E-state index in [-0.39, 0.29) is 0 Å². The van der Waals surface area contributed by atoms with Gasteiger partial charge >= 0.3 is 0 Å². The Morgan fingerprint density at radius 3 is 1.88 bits per heavy atom. The molecule has 0 unspecified atom stereocenters. The molecule has 1 aliphatic rings. The molecule has 0 fully saturated rings. The number of hydrogen-bond acceptors (Lipinski definition) is 0. The van der Waals surface area contributed by atoms with Crippen LogP contribution >= 0.6 is 0 Å². The number of aromatic nitrogens is 2. The fraction of sp³-hybridized carbons (Fsp3) is 0.127. The number of benzene rings is 7. The molecule has 0 aliphatic heterocycles. The number of rotatable bonds is 6. The Hall–Kier alpha value is -6.64. The van der Waals surface area contributed by atoms with Crippen molar-refractivity contribution < 1.29 is 0 Å². The van der Waals surface area contributed by atoms with Gasteiger partial charge < -0.3 is 9.13 Å². The number of allylic oxidation sites excluding steroid dienone is 5. The first kappa shape index (κ1) is 34.8. The molecule has 0 atom stereocenters. The number of para-hydroxylation sites is 1. The molecule has 2 heteroatoms. The summed E-state index contributed by atoms with van der Waals surface area (Å²) >= 11 is 0. The first-order valence-corrected chi connectivity index (χ1v) is 20.2. The van der Waals surface area contributed by atoms with E-state index >= 15 is 0 Å². The third kappa shape index (κ3) is 5.54. The maximum absolute atomic E-state index is 4.11. The summed E-state index contributed by atoms with van der Waals surface area (Å²) < 4.78 is 4.95. The van der Waals surface area contributed by atoms with E-state index in [4.69, 9.17) is 0 Å². The molecule has 57 heavy (non-hydrogen) atoms. The first-order chi connectivity index (χ1) is 27.8. The van der Waals surface area contributed by atoms with E-state index in [9.17, 15) is 0 Å². The molecule has 10 rings (SSSR count). The van der Waals surface area contributed by atoms with Crippen LogP contribution in [-0.4, -0.2) is 9.13 Å². The van der Waals surface area contributed by atoms with Crippen LogP contribution in [0.1, 0.15) is 40.3 Å². The van der Waals surface area contributed by atoms with Gasteiger partial charge in [-0.05, 0) is 164 Å². The van der Waals surface area contributed by atoms with E-state index in [0.717, 1.165) is 18.5 Å². The van der Waals surface area contributed by atoms with Crippen LogP contribution in [0.5, 0.6) is 0 Å². The van der Waals surface area contributed by atoms with E-state index in [1.807, 2.05) is 6.08 Å². The first-order valence-electron chi connectivity index (χ1n) is 20.2. The molecule has 0 N–H and O–H groups in total. The van der Waals surface area contributed by atoms with Gasteiger partial charge in [0.1, 0.15) is 0 Å². The summed E-state index contributed by atoms with van der Waals surface area (Å²) in [5, 5.41) is 5.16. The van der Waals surface area contributed by atoms with Gasteiger partial charge in [-0.1, -0.05) is 109 Å². The minimum atomic E-state index is 0.977. The van der Waals surface area contributed by atoms with Gasteiger partial charge in [-0.3, -0.25) is 0 Å². The van der Waals surface area contributed by atoms with Crippen molar-refractivity contribution in [2.45, 2.75) is 47.5 Å².